The molecule has 0 amide bonds. The van der Waals surface area contributed by atoms with Crippen LogP contribution in [0.2, 0.25) is 0 Å². The third-order valence-corrected chi connectivity index (χ3v) is 18.5. The summed E-state index contributed by atoms with van der Waals surface area (Å²) in [5, 5.41) is 12.9. The average Bonchev–Trinajstić information content (AvgIpc) is 1.36. The van der Waals surface area contributed by atoms with E-state index in [4.69, 9.17) is 62.6 Å². The number of hydrogen-bond acceptors (Lipinski definition) is 21. The summed E-state index contributed by atoms with van der Waals surface area (Å²) in [5.41, 5.74) is 8.24. The molecule has 16 atom stereocenters. The second-order valence-corrected chi connectivity index (χ2v) is 25.5. The number of benzene rings is 8. The maximum atomic E-state index is 14.8. The minimum atomic E-state index is -1.89. The number of carbonyl (C=O) groups excluding carboxylic acids is 7. The molecular weight excluding hydrogens is 1330 g/mol. The van der Waals surface area contributed by atoms with E-state index in [1.807, 2.05) is 60.7 Å². The third kappa shape index (κ3) is 20.9. The fourth-order valence-corrected chi connectivity index (χ4v) is 12.9. The van der Waals surface area contributed by atoms with Crippen LogP contribution in [0.25, 0.3) is 0 Å². The van der Waals surface area contributed by atoms with E-state index in [0.29, 0.717) is 25.7 Å². The molecule has 0 spiro atoms. The third-order valence-electron chi connectivity index (χ3n) is 18.5. The van der Waals surface area contributed by atoms with Gasteiger partial charge in [0, 0.05) is 37.4 Å². The zero-order valence-corrected chi connectivity index (χ0v) is 58.1. The van der Waals surface area contributed by atoms with Crippen LogP contribution in [0, 0.1) is 23.7 Å². The molecule has 0 radical (unpaired) electrons. The standard InChI is InChI=1S/C83H87NO20/c1-54(65(100-79(89)60-39-21-8-22-40-60)52-97-77(87)58-35-17-6-18-36-58)71(102-80(90)61-41-23-9-24-42-61)76(104-82(92)63-45-27-11-28-46-63)83(93-3)101-64(49-85)68-69(70(68)86)67(55(2)94-48-30-12-29-47-84)73-75(96-51-57-33-15-5-16-34-57)74(95-50-56-31-13-4-14-32-56)72(103-81(91)62-43-25-10-26-44-62)66(99-73)53-98-78(88)59-37-19-7-20-38-59/h4-11,13-28,31-46,49,54-55,64-76,83,86H,12,29-30,47-48,50-53,84H2,1-3H3/t54?,55?,64-,65-,66?,67?,68?,69?,70?,71?,72?,73?,74?,75?,76?,83?/m1/s1. The fraction of sp³-hybridized carbons (Fsp3) is 0.337. The summed E-state index contributed by atoms with van der Waals surface area (Å²) >= 11 is 0. The van der Waals surface area contributed by atoms with Gasteiger partial charge in [-0.2, -0.15) is 0 Å². The van der Waals surface area contributed by atoms with E-state index in [2.05, 4.69) is 0 Å². The molecule has 1 aliphatic heterocycles. The van der Waals surface area contributed by atoms with Crippen molar-refractivity contribution in [1.82, 2.24) is 0 Å². The van der Waals surface area contributed by atoms with Gasteiger partial charge < -0.3 is 72.5 Å². The van der Waals surface area contributed by atoms with Gasteiger partial charge >= 0.3 is 35.8 Å². The van der Waals surface area contributed by atoms with E-state index in [0.717, 1.165) is 17.5 Å². The number of methoxy groups -OCH3 is 1. The predicted molar refractivity (Wildman–Crippen MR) is 380 cm³/mol. The van der Waals surface area contributed by atoms with Crippen molar-refractivity contribution >= 4 is 42.1 Å². The minimum absolute atomic E-state index is 0.0363. The SMILES string of the molecule is COC(O[C@H](C=O)C1C(O)C1C(C(C)OCCCCCN)C1OC(COC(=O)c2ccccc2)C(OC(=O)c2ccccc2)C(OCc2ccccc2)C1OCc1ccccc1)C(OC(=O)c1ccccc1)C(OC(=O)c1ccccc1)C(C)[C@@H](COC(=O)c1ccccc1)OC(=O)c1ccccc1. The highest BCUT2D eigenvalue weighted by Gasteiger charge is 2.65. The van der Waals surface area contributed by atoms with Crippen LogP contribution in [-0.4, -0.2) is 154 Å². The Bertz CT molecular complexity index is 3960. The van der Waals surface area contributed by atoms with Crippen molar-refractivity contribution in [3.05, 3.63) is 287 Å². The van der Waals surface area contributed by atoms with Crippen molar-refractivity contribution in [2.45, 2.75) is 120 Å². The zero-order chi connectivity index (χ0) is 73.2. The van der Waals surface area contributed by atoms with E-state index in [1.165, 1.54) is 62.6 Å². The van der Waals surface area contributed by atoms with Gasteiger partial charge in [0.15, 0.2) is 24.6 Å². The molecule has 0 bridgehead atoms. The number of aliphatic hydroxyl groups excluding tert-OH is 1. The van der Waals surface area contributed by atoms with Crippen LogP contribution >= 0.6 is 0 Å². The Morgan fingerprint density at radius 1 is 0.490 bits per heavy atom. The van der Waals surface area contributed by atoms with E-state index in [-0.39, 0.29) is 53.2 Å². The van der Waals surface area contributed by atoms with Crippen LogP contribution in [-0.2, 0) is 74.9 Å². The summed E-state index contributed by atoms with van der Waals surface area (Å²) in [5.74, 6) is -9.51. The molecule has 8 aromatic rings. The van der Waals surface area contributed by atoms with Crippen molar-refractivity contribution in [2.75, 3.05) is 33.5 Å². The second-order valence-electron chi connectivity index (χ2n) is 25.5. The first-order valence-electron chi connectivity index (χ1n) is 34.8. The van der Waals surface area contributed by atoms with Gasteiger partial charge in [-0.1, -0.05) is 177 Å². The molecule has 21 heteroatoms. The largest absolute Gasteiger partial charge is 0.459 e. The molecule has 21 nitrogen and oxygen atoms in total. The van der Waals surface area contributed by atoms with E-state index in [1.54, 1.807) is 140 Å². The van der Waals surface area contributed by atoms with E-state index >= 15 is 0 Å². The Labute approximate surface area is 604 Å². The molecule has 1 heterocycles. The maximum Gasteiger partial charge on any atom is 0.338 e. The molecular formula is C83H87NO20. The Morgan fingerprint density at radius 2 is 0.913 bits per heavy atom. The molecule has 3 N–H and O–H groups in total. The van der Waals surface area contributed by atoms with Crippen LogP contribution in [0.1, 0.15) is 106 Å². The number of unbranched alkanes of at least 4 members (excludes halogenated alkanes) is 2. The lowest BCUT2D eigenvalue weighted by Gasteiger charge is -2.49. The number of aldehydes is 1. The summed E-state index contributed by atoms with van der Waals surface area (Å²) in [4.78, 5) is 100. The molecule has 0 aromatic heterocycles. The van der Waals surface area contributed by atoms with Crippen molar-refractivity contribution in [1.29, 1.82) is 0 Å². The Kier molecular flexibility index (Phi) is 28.7. The summed E-state index contributed by atoms with van der Waals surface area (Å²) in [6, 6.07) is 67.1. The lowest BCUT2D eigenvalue weighted by atomic mass is 9.81. The lowest BCUT2D eigenvalue weighted by molar-refractivity contribution is -0.276. The van der Waals surface area contributed by atoms with Crippen molar-refractivity contribution in [2.24, 2.45) is 29.4 Å². The van der Waals surface area contributed by atoms with Crippen molar-refractivity contribution in [3.63, 3.8) is 0 Å². The Balaban J connectivity index is 1.07. The molecule has 1 saturated heterocycles. The topological polar surface area (TPSA) is 276 Å². The van der Waals surface area contributed by atoms with Gasteiger partial charge in [-0.25, -0.2) is 28.8 Å². The van der Waals surface area contributed by atoms with Crippen LogP contribution in [0.5, 0.6) is 0 Å². The molecule has 8 aromatic carbocycles. The van der Waals surface area contributed by atoms with E-state index in [9.17, 15) is 38.7 Å². The second kappa shape index (κ2) is 39.0. The van der Waals surface area contributed by atoms with Crippen molar-refractivity contribution in [3.8, 4) is 0 Å². The molecule has 2 fully saturated rings. The first kappa shape index (κ1) is 76.6. The van der Waals surface area contributed by atoms with Gasteiger partial charge in [-0.05, 0) is 117 Å². The highest BCUT2D eigenvalue weighted by Crippen LogP contribution is 2.53. The maximum absolute atomic E-state index is 14.8. The Hall–Kier alpha value is -10.1. The molecule has 10 rings (SSSR count). The highest BCUT2D eigenvalue weighted by atomic mass is 16.7. The summed E-state index contributed by atoms with van der Waals surface area (Å²) in [6.07, 6.45) is -14.9. The predicted octanol–water partition coefficient (Wildman–Crippen LogP) is 11.5. The minimum Gasteiger partial charge on any atom is -0.459 e. The van der Waals surface area contributed by atoms with Crippen LogP contribution in [0.15, 0.2) is 243 Å². The number of carbonyl (C=O) groups is 7. The van der Waals surface area contributed by atoms with Crippen LogP contribution in [0.3, 0.4) is 0 Å². The Morgan fingerprint density at radius 3 is 1.38 bits per heavy atom. The van der Waals surface area contributed by atoms with Gasteiger partial charge in [0.2, 0.25) is 0 Å². The first-order chi connectivity index (χ1) is 50.7. The summed E-state index contributed by atoms with van der Waals surface area (Å²) in [6.45, 7) is 2.77. The number of aliphatic hydroxyl groups is 1. The van der Waals surface area contributed by atoms with Crippen molar-refractivity contribution < 1.29 is 95.5 Å². The van der Waals surface area contributed by atoms with Gasteiger partial charge in [0.25, 0.3) is 0 Å². The number of hydrogen-bond donors (Lipinski definition) is 2. The van der Waals surface area contributed by atoms with Gasteiger partial charge in [-0.15, -0.1) is 0 Å². The monoisotopic (exact) mass is 1420 g/mol. The number of ether oxygens (including phenoxy) is 12. The van der Waals surface area contributed by atoms with Crippen LogP contribution in [0.4, 0.5) is 0 Å². The fourth-order valence-electron chi connectivity index (χ4n) is 12.9. The first-order valence-corrected chi connectivity index (χ1v) is 34.8. The average molecular weight is 1420 g/mol. The van der Waals surface area contributed by atoms with E-state index < -0.39 is 146 Å². The van der Waals surface area contributed by atoms with Gasteiger partial charge in [-0.3, -0.25) is 0 Å². The molecule has 14 unspecified atom stereocenters. The summed E-state index contributed by atoms with van der Waals surface area (Å²) in [7, 11) is 1.21. The smallest absolute Gasteiger partial charge is 0.338 e. The van der Waals surface area contributed by atoms with Gasteiger partial charge in [0.1, 0.15) is 50.0 Å². The normalized spacial score (nSPS) is 20.6. The molecule has 1 aliphatic carbocycles. The highest BCUT2D eigenvalue weighted by molar-refractivity contribution is 5.92. The van der Waals surface area contributed by atoms with Crippen LogP contribution < -0.4 is 5.73 Å². The summed E-state index contributed by atoms with van der Waals surface area (Å²) < 4.78 is 79.0. The lowest BCUT2D eigenvalue weighted by Crippen LogP contribution is -2.64. The number of nitrogens with two attached hydrogens (primary N) is 1. The molecule has 1 saturated carbocycles. The quantitative estimate of drug-likeness (QED) is 0.0120. The molecule has 544 valence electrons. The number of rotatable bonds is 38. The number of esters is 6. The zero-order valence-electron chi connectivity index (χ0n) is 58.1. The molecule has 104 heavy (non-hydrogen) atoms. The van der Waals surface area contributed by atoms with Gasteiger partial charge in [0.05, 0.1) is 64.9 Å². The molecule has 2 aliphatic rings.